The summed E-state index contributed by atoms with van der Waals surface area (Å²) in [7, 11) is 0. The highest BCUT2D eigenvalue weighted by Gasteiger charge is 2.16. The third-order valence-corrected chi connectivity index (χ3v) is 2.99. The van der Waals surface area contributed by atoms with Crippen molar-refractivity contribution >= 4 is 0 Å². The average Bonchev–Trinajstić information content (AvgIpc) is 2.74. The molecule has 1 aromatic carbocycles. The first-order valence-electron chi connectivity index (χ1n) is 5.56. The van der Waals surface area contributed by atoms with Crippen LogP contribution in [0.1, 0.15) is 18.7 Å². The van der Waals surface area contributed by atoms with E-state index in [0.29, 0.717) is 0 Å². The van der Waals surface area contributed by atoms with E-state index in [1.165, 1.54) is 12.8 Å². The van der Waals surface area contributed by atoms with Crippen LogP contribution in [0.3, 0.4) is 0 Å². The fourth-order valence-corrected chi connectivity index (χ4v) is 2.13. The lowest BCUT2D eigenvalue weighted by Gasteiger charge is -2.14. The molecule has 2 heterocycles. The molecule has 3 rings (SSSR count). The number of aryl methyl sites for hydroxylation is 1. The molecule has 0 aliphatic carbocycles. The van der Waals surface area contributed by atoms with E-state index >= 15 is 0 Å². The van der Waals surface area contributed by atoms with Crippen LogP contribution in [0.5, 0.6) is 5.75 Å². The second-order valence-corrected chi connectivity index (χ2v) is 4.10. The van der Waals surface area contributed by atoms with Gasteiger partial charge in [-0.25, -0.2) is 0 Å². The molecule has 16 heavy (non-hydrogen) atoms. The normalized spacial score (nSPS) is 14.8. The number of fused-ring (bicyclic) bond motifs is 1. The van der Waals surface area contributed by atoms with Crippen LogP contribution in [0, 0.1) is 0 Å². The largest absolute Gasteiger partial charge is 0.508 e. The smallest absolute Gasteiger partial charge is 0.163 e. The Morgan fingerprint density at radius 1 is 1.06 bits per heavy atom. The van der Waals surface area contributed by atoms with E-state index in [0.717, 1.165) is 30.2 Å². The Bertz CT molecular complexity index is 501. The molecule has 1 aliphatic heterocycles. The highest BCUT2D eigenvalue weighted by molar-refractivity contribution is 5.56. The van der Waals surface area contributed by atoms with E-state index in [2.05, 4.69) is 14.8 Å². The molecule has 0 radical (unpaired) electrons. The van der Waals surface area contributed by atoms with E-state index in [1.54, 1.807) is 12.1 Å². The minimum Gasteiger partial charge on any atom is -0.508 e. The molecule has 4 nitrogen and oxygen atoms in total. The molecular formula is C12H13N3O. The molecule has 82 valence electrons. The molecule has 0 amide bonds. The summed E-state index contributed by atoms with van der Waals surface area (Å²) in [5.41, 5.74) is 1.01. The van der Waals surface area contributed by atoms with E-state index < -0.39 is 0 Å². The highest BCUT2D eigenvalue weighted by atomic mass is 16.3. The van der Waals surface area contributed by atoms with Gasteiger partial charge < -0.3 is 9.67 Å². The quantitative estimate of drug-likeness (QED) is 0.791. The Morgan fingerprint density at radius 3 is 2.69 bits per heavy atom. The van der Waals surface area contributed by atoms with Crippen LogP contribution in [0.15, 0.2) is 24.3 Å². The topological polar surface area (TPSA) is 50.9 Å². The van der Waals surface area contributed by atoms with Crippen LogP contribution in [0.25, 0.3) is 11.4 Å². The molecule has 1 N–H and O–H groups in total. The number of phenols is 1. The summed E-state index contributed by atoms with van der Waals surface area (Å²) in [6.07, 6.45) is 3.41. The van der Waals surface area contributed by atoms with Gasteiger partial charge in [-0.2, -0.15) is 0 Å². The molecule has 1 aromatic heterocycles. The number of rotatable bonds is 1. The molecule has 0 spiro atoms. The molecule has 0 unspecified atom stereocenters. The number of nitrogens with zero attached hydrogens (tertiary/aromatic N) is 3. The molecule has 0 saturated heterocycles. The lowest BCUT2D eigenvalue weighted by molar-refractivity contribution is 0.475. The SMILES string of the molecule is Oc1ccc(-c2nnc3n2CCCC3)cc1. The fraction of sp³-hybridized carbons (Fsp3) is 0.333. The van der Waals surface area contributed by atoms with Crippen molar-refractivity contribution in [3.8, 4) is 17.1 Å². The Morgan fingerprint density at radius 2 is 1.88 bits per heavy atom. The van der Waals surface area contributed by atoms with Crippen LogP contribution < -0.4 is 0 Å². The van der Waals surface area contributed by atoms with Crippen molar-refractivity contribution < 1.29 is 5.11 Å². The summed E-state index contributed by atoms with van der Waals surface area (Å²) in [5, 5.41) is 17.7. The van der Waals surface area contributed by atoms with Crippen LogP contribution in [-0.2, 0) is 13.0 Å². The van der Waals surface area contributed by atoms with Gasteiger partial charge in [0.2, 0.25) is 0 Å². The Kier molecular flexibility index (Phi) is 2.13. The second-order valence-electron chi connectivity index (χ2n) is 4.10. The van der Waals surface area contributed by atoms with Gasteiger partial charge in [0.15, 0.2) is 5.82 Å². The monoisotopic (exact) mass is 215 g/mol. The number of aromatic nitrogens is 3. The zero-order valence-electron chi connectivity index (χ0n) is 8.93. The van der Waals surface area contributed by atoms with E-state index in [1.807, 2.05) is 12.1 Å². The first kappa shape index (κ1) is 9.39. The van der Waals surface area contributed by atoms with Crippen LogP contribution in [-0.4, -0.2) is 19.9 Å². The van der Waals surface area contributed by atoms with E-state index in [4.69, 9.17) is 0 Å². The van der Waals surface area contributed by atoms with Crippen molar-refractivity contribution in [2.24, 2.45) is 0 Å². The molecule has 4 heteroatoms. The Labute approximate surface area is 93.6 Å². The van der Waals surface area contributed by atoms with Crippen molar-refractivity contribution in [1.29, 1.82) is 0 Å². The lowest BCUT2D eigenvalue weighted by atomic mass is 10.1. The maximum Gasteiger partial charge on any atom is 0.163 e. The van der Waals surface area contributed by atoms with Gasteiger partial charge in [-0.1, -0.05) is 0 Å². The van der Waals surface area contributed by atoms with Crippen LogP contribution >= 0.6 is 0 Å². The first-order valence-corrected chi connectivity index (χ1v) is 5.56. The summed E-state index contributed by atoms with van der Waals surface area (Å²) in [4.78, 5) is 0. The van der Waals surface area contributed by atoms with Crippen molar-refractivity contribution in [3.05, 3.63) is 30.1 Å². The minimum atomic E-state index is 0.280. The summed E-state index contributed by atoms with van der Waals surface area (Å²) in [5.74, 6) is 2.27. The summed E-state index contributed by atoms with van der Waals surface area (Å²) >= 11 is 0. The number of hydrogen-bond acceptors (Lipinski definition) is 3. The van der Waals surface area contributed by atoms with Gasteiger partial charge in [-0.15, -0.1) is 10.2 Å². The maximum atomic E-state index is 9.25. The first-order chi connectivity index (χ1) is 7.84. The molecule has 2 aromatic rings. The maximum absolute atomic E-state index is 9.25. The zero-order valence-corrected chi connectivity index (χ0v) is 8.93. The van der Waals surface area contributed by atoms with E-state index in [-0.39, 0.29) is 5.75 Å². The van der Waals surface area contributed by atoms with Gasteiger partial charge in [0, 0.05) is 18.5 Å². The summed E-state index contributed by atoms with van der Waals surface area (Å²) < 4.78 is 2.18. The van der Waals surface area contributed by atoms with Gasteiger partial charge in [0.25, 0.3) is 0 Å². The zero-order chi connectivity index (χ0) is 11.0. The predicted octanol–water partition coefficient (Wildman–Crippen LogP) is 1.99. The van der Waals surface area contributed by atoms with Gasteiger partial charge in [0.1, 0.15) is 11.6 Å². The van der Waals surface area contributed by atoms with Gasteiger partial charge in [0.05, 0.1) is 0 Å². The molecule has 0 atom stereocenters. The van der Waals surface area contributed by atoms with Crippen molar-refractivity contribution in [2.45, 2.75) is 25.8 Å². The molecule has 0 fully saturated rings. The van der Waals surface area contributed by atoms with Crippen LogP contribution in [0.4, 0.5) is 0 Å². The summed E-state index contributed by atoms with van der Waals surface area (Å²) in [6.45, 7) is 0.999. The minimum absolute atomic E-state index is 0.280. The fourth-order valence-electron chi connectivity index (χ4n) is 2.13. The number of phenolic OH excluding ortho intramolecular Hbond substituents is 1. The number of benzene rings is 1. The van der Waals surface area contributed by atoms with Crippen molar-refractivity contribution in [2.75, 3.05) is 0 Å². The molecule has 0 saturated carbocycles. The van der Waals surface area contributed by atoms with Gasteiger partial charge in [-0.3, -0.25) is 0 Å². The lowest BCUT2D eigenvalue weighted by Crippen LogP contribution is -2.11. The highest BCUT2D eigenvalue weighted by Crippen LogP contribution is 2.24. The average molecular weight is 215 g/mol. The standard InChI is InChI=1S/C12H13N3O/c16-10-6-4-9(5-7-10)12-14-13-11-3-1-2-8-15(11)12/h4-7,16H,1-3,8H2. The second kappa shape index (κ2) is 3.63. The molecule has 1 aliphatic rings. The Hall–Kier alpha value is -1.84. The Balaban J connectivity index is 2.06. The van der Waals surface area contributed by atoms with Crippen molar-refractivity contribution in [3.63, 3.8) is 0 Å². The predicted molar refractivity (Wildman–Crippen MR) is 60.1 cm³/mol. The summed E-state index contributed by atoms with van der Waals surface area (Å²) in [6, 6.07) is 7.11. The molecular weight excluding hydrogens is 202 g/mol. The third-order valence-electron chi connectivity index (χ3n) is 2.99. The van der Waals surface area contributed by atoms with E-state index in [9.17, 15) is 5.11 Å². The molecule has 0 bridgehead atoms. The number of hydrogen-bond donors (Lipinski definition) is 1. The number of aromatic hydroxyl groups is 1. The van der Waals surface area contributed by atoms with Gasteiger partial charge >= 0.3 is 0 Å². The van der Waals surface area contributed by atoms with Crippen LogP contribution in [0.2, 0.25) is 0 Å². The van der Waals surface area contributed by atoms with Gasteiger partial charge in [-0.05, 0) is 37.1 Å². The van der Waals surface area contributed by atoms with Crippen molar-refractivity contribution in [1.82, 2.24) is 14.8 Å². The third kappa shape index (κ3) is 1.46.